The maximum atomic E-state index is 10.2. The molecule has 0 spiro atoms. The Morgan fingerprint density at radius 2 is 2.09 bits per heavy atom. The average molecular weight is 160 g/mol. The number of hydroxylamine groups is 2. The number of amides is 1. The maximum absolute atomic E-state index is 10.2. The van der Waals surface area contributed by atoms with Gasteiger partial charge in [0.25, 0.3) is 0 Å². The summed E-state index contributed by atoms with van der Waals surface area (Å²) in [5.74, 6) is 0. The van der Waals surface area contributed by atoms with Gasteiger partial charge >= 0.3 is 6.09 Å². The molecule has 0 radical (unpaired) electrons. The van der Waals surface area contributed by atoms with Gasteiger partial charge in [-0.15, -0.1) is 5.06 Å². The Morgan fingerprint density at radius 1 is 1.55 bits per heavy atom. The standard InChI is InChI=1S/C6H12N2O3/c7-6(10)11-8-3-1-5(9)2-4-8/h5,9H,1-4H2,(H2,7,10). The van der Waals surface area contributed by atoms with Crippen LogP contribution in [0.4, 0.5) is 4.79 Å². The highest BCUT2D eigenvalue weighted by Gasteiger charge is 2.18. The lowest BCUT2D eigenvalue weighted by atomic mass is 10.1. The van der Waals surface area contributed by atoms with Gasteiger partial charge in [-0.25, -0.2) is 4.79 Å². The molecule has 0 unspecified atom stereocenters. The molecule has 1 saturated heterocycles. The minimum absolute atomic E-state index is 0.261. The summed E-state index contributed by atoms with van der Waals surface area (Å²) in [6.45, 7) is 1.12. The van der Waals surface area contributed by atoms with Gasteiger partial charge < -0.3 is 15.7 Å². The molecule has 1 aliphatic heterocycles. The summed E-state index contributed by atoms with van der Waals surface area (Å²) in [4.78, 5) is 14.8. The second kappa shape index (κ2) is 3.54. The number of aliphatic hydroxyl groups excluding tert-OH is 1. The minimum atomic E-state index is -0.790. The molecular formula is C6H12N2O3. The van der Waals surface area contributed by atoms with Crippen molar-refractivity contribution < 1.29 is 14.7 Å². The van der Waals surface area contributed by atoms with Crippen LogP contribution < -0.4 is 5.73 Å². The first-order valence-corrected chi connectivity index (χ1v) is 3.59. The number of aliphatic hydroxyl groups is 1. The van der Waals surface area contributed by atoms with Crippen molar-refractivity contribution in [3.8, 4) is 0 Å². The number of piperidine rings is 1. The number of hydrogen-bond acceptors (Lipinski definition) is 4. The van der Waals surface area contributed by atoms with Crippen LogP contribution in [0.15, 0.2) is 0 Å². The van der Waals surface area contributed by atoms with E-state index in [0.29, 0.717) is 25.9 Å². The molecule has 0 aromatic heterocycles. The Hall–Kier alpha value is -0.810. The lowest BCUT2D eigenvalue weighted by Gasteiger charge is -2.26. The van der Waals surface area contributed by atoms with Crippen molar-refractivity contribution in [3.63, 3.8) is 0 Å². The van der Waals surface area contributed by atoms with Crippen LogP contribution in [-0.4, -0.2) is 35.5 Å². The smallest absolute Gasteiger partial charge is 0.393 e. The summed E-state index contributed by atoms with van der Waals surface area (Å²) in [6, 6.07) is 0. The number of carbonyl (C=O) groups is 1. The summed E-state index contributed by atoms with van der Waals surface area (Å²) in [5.41, 5.74) is 4.79. The number of rotatable bonds is 1. The van der Waals surface area contributed by atoms with Crippen LogP contribution in [-0.2, 0) is 4.84 Å². The maximum Gasteiger partial charge on any atom is 0.423 e. The summed E-state index contributed by atoms with van der Waals surface area (Å²) in [7, 11) is 0. The number of nitrogens with two attached hydrogens (primary N) is 1. The highest BCUT2D eigenvalue weighted by atomic mass is 16.7. The molecule has 5 nitrogen and oxygen atoms in total. The van der Waals surface area contributed by atoms with Crippen molar-refractivity contribution in [1.82, 2.24) is 5.06 Å². The van der Waals surface area contributed by atoms with Crippen LogP contribution >= 0.6 is 0 Å². The van der Waals surface area contributed by atoms with Gasteiger partial charge in [0.2, 0.25) is 0 Å². The zero-order valence-electron chi connectivity index (χ0n) is 6.19. The van der Waals surface area contributed by atoms with E-state index in [2.05, 4.69) is 4.84 Å². The van der Waals surface area contributed by atoms with Crippen molar-refractivity contribution in [2.75, 3.05) is 13.1 Å². The van der Waals surface area contributed by atoms with E-state index in [0.717, 1.165) is 0 Å². The third kappa shape index (κ3) is 2.73. The summed E-state index contributed by atoms with van der Waals surface area (Å²) in [5, 5.41) is 10.5. The van der Waals surface area contributed by atoms with Gasteiger partial charge in [0.1, 0.15) is 0 Å². The van der Waals surface area contributed by atoms with Crippen molar-refractivity contribution in [1.29, 1.82) is 0 Å². The third-order valence-corrected chi connectivity index (χ3v) is 1.64. The molecule has 1 rings (SSSR count). The monoisotopic (exact) mass is 160 g/mol. The molecule has 64 valence electrons. The highest BCUT2D eigenvalue weighted by Crippen LogP contribution is 2.09. The average Bonchev–Trinajstić information content (AvgIpc) is 1.93. The summed E-state index contributed by atoms with van der Waals surface area (Å²) < 4.78 is 0. The molecule has 0 aromatic carbocycles. The fourth-order valence-corrected chi connectivity index (χ4v) is 1.06. The third-order valence-electron chi connectivity index (χ3n) is 1.64. The molecule has 0 aliphatic carbocycles. The van der Waals surface area contributed by atoms with Crippen LogP contribution in [0.1, 0.15) is 12.8 Å². The van der Waals surface area contributed by atoms with E-state index in [1.807, 2.05) is 0 Å². The summed E-state index contributed by atoms with van der Waals surface area (Å²) in [6.07, 6.45) is 0.213. The SMILES string of the molecule is NC(=O)ON1CCC(O)CC1. The van der Waals surface area contributed by atoms with Crippen LogP contribution in [0.2, 0.25) is 0 Å². The predicted octanol–water partition coefficient (Wildman–Crippen LogP) is -0.547. The first kappa shape index (κ1) is 8.29. The van der Waals surface area contributed by atoms with E-state index >= 15 is 0 Å². The number of primary amides is 1. The summed E-state index contributed by atoms with van der Waals surface area (Å²) >= 11 is 0. The predicted molar refractivity (Wildman–Crippen MR) is 37.5 cm³/mol. The molecule has 1 aliphatic rings. The van der Waals surface area contributed by atoms with Crippen molar-refractivity contribution in [3.05, 3.63) is 0 Å². The van der Waals surface area contributed by atoms with E-state index in [9.17, 15) is 4.79 Å². The molecule has 1 amide bonds. The second-order valence-corrected chi connectivity index (χ2v) is 2.57. The van der Waals surface area contributed by atoms with Crippen LogP contribution in [0.3, 0.4) is 0 Å². The number of carbonyl (C=O) groups excluding carboxylic acids is 1. The Morgan fingerprint density at radius 3 is 2.55 bits per heavy atom. The topological polar surface area (TPSA) is 75.8 Å². The lowest BCUT2D eigenvalue weighted by molar-refractivity contribution is -0.123. The van der Waals surface area contributed by atoms with Gasteiger partial charge in [0, 0.05) is 13.1 Å². The first-order valence-electron chi connectivity index (χ1n) is 3.59. The molecule has 0 saturated carbocycles. The fraction of sp³-hybridized carbons (Fsp3) is 0.833. The van der Waals surface area contributed by atoms with Crippen molar-refractivity contribution in [2.45, 2.75) is 18.9 Å². The van der Waals surface area contributed by atoms with E-state index < -0.39 is 6.09 Å². The van der Waals surface area contributed by atoms with Crippen molar-refractivity contribution in [2.24, 2.45) is 5.73 Å². The molecule has 1 heterocycles. The van der Waals surface area contributed by atoms with E-state index in [1.165, 1.54) is 5.06 Å². The molecule has 3 N–H and O–H groups in total. The highest BCUT2D eigenvalue weighted by molar-refractivity contribution is 5.64. The second-order valence-electron chi connectivity index (χ2n) is 2.57. The van der Waals surface area contributed by atoms with Gasteiger partial charge in [0.05, 0.1) is 6.10 Å². The molecular weight excluding hydrogens is 148 g/mol. The Kier molecular flexibility index (Phi) is 2.67. The van der Waals surface area contributed by atoms with Gasteiger partial charge in [-0.2, -0.15) is 0 Å². The van der Waals surface area contributed by atoms with E-state index in [1.54, 1.807) is 0 Å². The van der Waals surface area contributed by atoms with Gasteiger partial charge in [-0.05, 0) is 12.8 Å². The minimum Gasteiger partial charge on any atom is -0.393 e. The molecule has 5 heteroatoms. The lowest BCUT2D eigenvalue weighted by Crippen LogP contribution is -2.38. The quantitative estimate of drug-likeness (QED) is 0.539. The molecule has 0 atom stereocenters. The van der Waals surface area contributed by atoms with Gasteiger partial charge in [-0.3, -0.25) is 0 Å². The largest absolute Gasteiger partial charge is 0.423 e. The van der Waals surface area contributed by atoms with Crippen LogP contribution in [0.25, 0.3) is 0 Å². The zero-order chi connectivity index (χ0) is 8.27. The van der Waals surface area contributed by atoms with Crippen LogP contribution in [0, 0.1) is 0 Å². The number of nitrogens with zero attached hydrogens (tertiary/aromatic N) is 1. The van der Waals surface area contributed by atoms with E-state index in [4.69, 9.17) is 10.8 Å². The van der Waals surface area contributed by atoms with Crippen molar-refractivity contribution >= 4 is 6.09 Å². The number of hydrogen-bond donors (Lipinski definition) is 2. The van der Waals surface area contributed by atoms with Gasteiger partial charge in [-0.1, -0.05) is 0 Å². The first-order chi connectivity index (χ1) is 5.18. The fourth-order valence-electron chi connectivity index (χ4n) is 1.06. The Bertz CT molecular complexity index is 143. The van der Waals surface area contributed by atoms with Crippen LogP contribution in [0.5, 0.6) is 0 Å². The molecule has 11 heavy (non-hydrogen) atoms. The Labute approximate surface area is 64.7 Å². The van der Waals surface area contributed by atoms with E-state index in [-0.39, 0.29) is 6.10 Å². The Balaban J connectivity index is 2.22. The molecule has 0 bridgehead atoms. The van der Waals surface area contributed by atoms with Gasteiger partial charge in [0.15, 0.2) is 0 Å². The molecule has 0 aromatic rings. The molecule has 1 fully saturated rings. The normalized spacial score (nSPS) is 21.5. The zero-order valence-corrected chi connectivity index (χ0v) is 6.19.